The molecular weight excluding hydrogens is 338 g/mol. The monoisotopic (exact) mass is 353 g/mol. The zero-order valence-corrected chi connectivity index (χ0v) is 14.3. The van der Waals surface area contributed by atoms with Gasteiger partial charge in [-0.15, -0.1) is 21.5 Å². The fourth-order valence-corrected chi connectivity index (χ4v) is 3.25. The molecule has 0 radical (unpaired) electrons. The number of fused-ring (bicyclic) bond motifs is 1. The van der Waals surface area contributed by atoms with Crippen molar-refractivity contribution in [1.29, 1.82) is 0 Å². The van der Waals surface area contributed by atoms with Gasteiger partial charge >= 0.3 is 0 Å². The highest BCUT2D eigenvalue weighted by atomic mass is 32.1. The Labute approximate surface area is 147 Å². The summed E-state index contributed by atoms with van der Waals surface area (Å²) in [7, 11) is 0. The molecule has 4 aromatic rings. The molecule has 25 heavy (non-hydrogen) atoms. The number of carbonyl (C=O) groups excluding carboxylic acids is 1. The Bertz CT molecular complexity index is 1030. The minimum atomic E-state index is -0.111. The summed E-state index contributed by atoms with van der Waals surface area (Å²) >= 11 is 1.46. The number of aromatic nitrogens is 4. The quantitative estimate of drug-likeness (QED) is 0.596. The van der Waals surface area contributed by atoms with Gasteiger partial charge in [0.25, 0.3) is 0 Å². The van der Waals surface area contributed by atoms with Crippen LogP contribution in [-0.2, 0) is 17.8 Å². The third kappa shape index (κ3) is 3.29. The molecule has 7 nitrogen and oxygen atoms in total. The van der Waals surface area contributed by atoms with Gasteiger partial charge in [0.2, 0.25) is 5.91 Å². The highest BCUT2D eigenvalue weighted by Gasteiger charge is 2.12. The number of thiazole rings is 1. The second-order valence-electron chi connectivity index (χ2n) is 5.55. The van der Waals surface area contributed by atoms with Crippen LogP contribution in [0.5, 0.6) is 0 Å². The van der Waals surface area contributed by atoms with Crippen LogP contribution in [0, 0.1) is 6.92 Å². The van der Waals surface area contributed by atoms with Crippen LogP contribution in [0.1, 0.15) is 17.3 Å². The fraction of sp³-hybridized carbons (Fsp3) is 0.176. The number of aryl methyl sites for hydroxylation is 1. The first-order valence-electron chi connectivity index (χ1n) is 7.75. The van der Waals surface area contributed by atoms with Crippen molar-refractivity contribution >= 4 is 22.9 Å². The van der Waals surface area contributed by atoms with Crippen molar-refractivity contribution in [3.63, 3.8) is 0 Å². The van der Waals surface area contributed by atoms with Crippen LogP contribution in [0.15, 0.2) is 46.3 Å². The summed E-state index contributed by atoms with van der Waals surface area (Å²) in [5, 5.41) is 13.7. The molecule has 0 atom stereocenters. The van der Waals surface area contributed by atoms with Gasteiger partial charge in [-0.3, -0.25) is 9.20 Å². The van der Waals surface area contributed by atoms with E-state index in [-0.39, 0.29) is 12.3 Å². The summed E-state index contributed by atoms with van der Waals surface area (Å²) in [4.78, 5) is 16.6. The zero-order chi connectivity index (χ0) is 17.2. The zero-order valence-electron chi connectivity index (χ0n) is 13.5. The maximum atomic E-state index is 12.2. The SMILES string of the molecule is Cc1ccc(-c2nc(CC(=O)NCc3nnc4ccccn34)cs2)o1. The topological polar surface area (TPSA) is 85.3 Å². The van der Waals surface area contributed by atoms with Crippen LogP contribution in [-0.4, -0.2) is 25.5 Å². The van der Waals surface area contributed by atoms with Crippen molar-refractivity contribution in [3.05, 3.63) is 59.2 Å². The van der Waals surface area contributed by atoms with Crippen LogP contribution in [0.2, 0.25) is 0 Å². The minimum absolute atomic E-state index is 0.111. The second-order valence-corrected chi connectivity index (χ2v) is 6.41. The largest absolute Gasteiger partial charge is 0.459 e. The third-order valence-corrected chi connectivity index (χ3v) is 4.58. The van der Waals surface area contributed by atoms with E-state index in [9.17, 15) is 4.79 Å². The molecule has 0 saturated carbocycles. The number of nitrogens with one attached hydrogen (secondary N) is 1. The first-order chi connectivity index (χ1) is 12.2. The normalized spacial score (nSPS) is 11.1. The van der Waals surface area contributed by atoms with E-state index in [0.717, 1.165) is 27.9 Å². The number of carbonyl (C=O) groups is 1. The summed E-state index contributed by atoms with van der Waals surface area (Å²) in [5.41, 5.74) is 1.47. The first-order valence-corrected chi connectivity index (χ1v) is 8.63. The van der Waals surface area contributed by atoms with E-state index in [1.54, 1.807) is 0 Å². The van der Waals surface area contributed by atoms with E-state index in [1.165, 1.54) is 11.3 Å². The van der Waals surface area contributed by atoms with Gasteiger partial charge in [-0.1, -0.05) is 6.07 Å². The van der Waals surface area contributed by atoms with Crippen LogP contribution >= 0.6 is 11.3 Å². The van der Waals surface area contributed by atoms with Crippen molar-refractivity contribution < 1.29 is 9.21 Å². The van der Waals surface area contributed by atoms with E-state index in [2.05, 4.69) is 20.5 Å². The number of amides is 1. The lowest BCUT2D eigenvalue weighted by Gasteiger charge is -2.02. The highest BCUT2D eigenvalue weighted by molar-refractivity contribution is 7.13. The number of furan rings is 1. The molecule has 1 amide bonds. The molecule has 0 aliphatic heterocycles. The van der Waals surface area contributed by atoms with Gasteiger partial charge in [0, 0.05) is 11.6 Å². The summed E-state index contributed by atoms with van der Waals surface area (Å²) < 4.78 is 7.40. The summed E-state index contributed by atoms with van der Waals surface area (Å²) in [6.45, 7) is 2.21. The number of rotatable bonds is 5. The predicted octanol–water partition coefficient (Wildman–Crippen LogP) is 2.61. The third-order valence-electron chi connectivity index (χ3n) is 3.67. The van der Waals surface area contributed by atoms with Crippen molar-refractivity contribution in [1.82, 2.24) is 24.9 Å². The lowest BCUT2D eigenvalue weighted by atomic mass is 10.3. The van der Waals surface area contributed by atoms with E-state index >= 15 is 0 Å². The molecular formula is C17H15N5O2S. The Balaban J connectivity index is 1.38. The molecule has 0 spiro atoms. The summed E-state index contributed by atoms with van der Waals surface area (Å²) in [5.74, 6) is 2.14. The molecule has 8 heteroatoms. The van der Waals surface area contributed by atoms with Crippen LogP contribution in [0.4, 0.5) is 0 Å². The molecule has 126 valence electrons. The Morgan fingerprint density at radius 1 is 1.28 bits per heavy atom. The van der Waals surface area contributed by atoms with Crippen molar-refractivity contribution in [2.24, 2.45) is 0 Å². The van der Waals surface area contributed by atoms with Gasteiger partial charge in [-0.2, -0.15) is 0 Å². The Morgan fingerprint density at radius 2 is 2.20 bits per heavy atom. The van der Waals surface area contributed by atoms with Crippen LogP contribution in [0.3, 0.4) is 0 Å². The molecule has 0 aromatic carbocycles. The van der Waals surface area contributed by atoms with E-state index in [1.807, 2.05) is 53.2 Å². The number of nitrogens with zero attached hydrogens (tertiary/aromatic N) is 4. The van der Waals surface area contributed by atoms with Gasteiger partial charge in [0.15, 0.2) is 22.2 Å². The van der Waals surface area contributed by atoms with Gasteiger partial charge in [-0.25, -0.2) is 4.98 Å². The van der Waals surface area contributed by atoms with E-state index in [0.29, 0.717) is 12.4 Å². The Morgan fingerprint density at radius 3 is 3.04 bits per heavy atom. The Hall–Kier alpha value is -3.00. The second kappa shape index (κ2) is 6.48. The lowest BCUT2D eigenvalue weighted by molar-refractivity contribution is -0.120. The van der Waals surface area contributed by atoms with Gasteiger partial charge in [-0.05, 0) is 31.2 Å². The molecule has 1 N–H and O–H groups in total. The summed E-state index contributed by atoms with van der Waals surface area (Å²) in [6, 6.07) is 9.44. The van der Waals surface area contributed by atoms with Gasteiger partial charge in [0.05, 0.1) is 18.7 Å². The van der Waals surface area contributed by atoms with Crippen molar-refractivity contribution in [3.8, 4) is 10.8 Å². The molecule has 0 bridgehead atoms. The van der Waals surface area contributed by atoms with E-state index < -0.39 is 0 Å². The number of hydrogen-bond donors (Lipinski definition) is 1. The highest BCUT2D eigenvalue weighted by Crippen LogP contribution is 2.25. The predicted molar refractivity (Wildman–Crippen MR) is 93.1 cm³/mol. The maximum absolute atomic E-state index is 12.2. The Kier molecular flexibility index (Phi) is 4.02. The molecule has 4 aromatic heterocycles. The average molecular weight is 353 g/mol. The lowest BCUT2D eigenvalue weighted by Crippen LogP contribution is -2.25. The molecule has 0 aliphatic rings. The molecule has 0 fully saturated rings. The van der Waals surface area contributed by atoms with Gasteiger partial charge in [0.1, 0.15) is 5.76 Å². The van der Waals surface area contributed by atoms with Crippen LogP contribution < -0.4 is 5.32 Å². The molecule has 0 aliphatic carbocycles. The van der Waals surface area contributed by atoms with Crippen molar-refractivity contribution in [2.45, 2.75) is 19.9 Å². The minimum Gasteiger partial charge on any atom is -0.459 e. The number of pyridine rings is 1. The first kappa shape index (κ1) is 15.5. The molecule has 4 heterocycles. The molecule has 4 rings (SSSR count). The fourth-order valence-electron chi connectivity index (χ4n) is 2.47. The van der Waals surface area contributed by atoms with Crippen LogP contribution in [0.25, 0.3) is 16.4 Å². The average Bonchev–Trinajstić information content (AvgIpc) is 3.32. The van der Waals surface area contributed by atoms with Crippen molar-refractivity contribution in [2.75, 3.05) is 0 Å². The standard InChI is InChI=1S/C17H15N5O2S/c1-11-5-6-13(24-11)17-19-12(10-25-17)8-16(23)18-9-15-21-20-14-4-2-3-7-22(14)15/h2-7,10H,8-9H2,1H3,(H,18,23). The van der Waals surface area contributed by atoms with Gasteiger partial charge < -0.3 is 9.73 Å². The maximum Gasteiger partial charge on any atom is 0.226 e. The molecule has 0 unspecified atom stereocenters. The summed E-state index contributed by atoms with van der Waals surface area (Å²) in [6.07, 6.45) is 2.09. The smallest absolute Gasteiger partial charge is 0.226 e. The number of hydrogen-bond acceptors (Lipinski definition) is 6. The molecule has 0 saturated heterocycles. The van der Waals surface area contributed by atoms with E-state index in [4.69, 9.17) is 4.42 Å².